The lowest BCUT2D eigenvalue weighted by molar-refractivity contribution is -0.118. The van der Waals surface area contributed by atoms with E-state index in [0.29, 0.717) is 17.4 Å². The molecule has 1 aliphatic heterocycles. The maximum atomic E-state index is 11.4. The number of anilines is 1. The standard InChI is InChI=1S/C19H24ClN3O/c1-12(24)10-14-5-8-23(9-6-14)19-16(13(2)21)11-17(20)15-4-3-7-22-18(15)19/h3-4,7,11,13-14H,5-6,8-10,21H2,1-2H3. The molecule has 0 spiro atoms. The number of nitrogens with zero attached hydrogens (tertiary/aromatic N) is 2. The number of benzene rings is 1. The molecule has 5 heteroatoms. The molecular formula is C19H24ClN3O. The molecule has 1 atom stereocenters. The van der Waals surface area contributed by atoms with Gasteiger partial charge < -0.3 is 15.4 Å². The highest BCUT2D eigenvalue weighted by Crippen LogP contribution is 2.38. The Kier molecular flexibility index (Phi) is 5.07. The number of fused-ring (bicyclic) bond motifs is 1. The average molecular weight is 346 g/mol. The van der Waals surface area contributed by atoms with Crippen molar-refractivity contribution in [3.05, 3.63) is 35.0 Å². The number of aromatic nitrogens is 1. The fourth-order valence-corrected chi connectivity index (χ4v) is 3.92. The molecule has 1 aromatic heterocycles. The average Bonchev–Trinajstić information content (AvgIpc) is 2.55. The summed E-state index contributed by atoms with van der Waals surface area (Å²) >= 11 is 6.45. The molecule has 0 radical (unpaired) electrons. The number of ketones is 1. The highest BCUT2D eigenvalue weighted by molar-refractivity contribution is 6.36. The van der Waals surface area contributed by atoms with E-state index in [-0.39, 0.29) is 11.8 Å². The van der Waals surface area contributed by atoms with Crippen molar-refractivity contribution < 1.29 is 4.79 Å². The molecule has 2 heterocycles. The molecular weight excluding hydrogens is 322 g/mol. The highest BCUT2D eigenvalue weighted by atomic mass is 35.5. The first-order chi connectivity index (χ1) is 11.5. The van der Waals surface area contributed by atoms with Crippen molar-refractivity contribution in [3.63, 3.8) is 0 Å². The van der Waals surface area contributed by atoms with Crippen LogP contribution in [0.3, 0.4) is 0 Å². The van der Waals surface area contributed by atoms with Gasteiger partial charge in [0.25, 0.3) is 0 Å². The molecule has 1 saturated heterocycles. The number of hydrogen-bond donors (Lipinski definition) is 1. The van der Waals surface area contributed by atoms with Gasteiger partial charge in [-0.1, -0.05) is 11.6 Å². The van der Waals surface area contributed by atoms with Crippen molar-refractivity contribution in [2.24, 2.45) is 11.7 Å². The minimum atomic E-state index is -0.112. The zero-order chi connectivity index (χ0) is 17.3. The minimum absolute atomic E-state index is 0.112. The highest BCUT2D eigenvalue weighted by Gasteiger charge is 2.25. The molecule has 1 unspecified atom stereocenters. The maximum Gasteiger partial charge on any atom is 0.130 e. The SMILES string of the molecule is CC(=O)CC1CCN(c2c(C(C)N)cc(Cl)c3cccnc23)CC1. The number of Topliss-reactive ketones (excluding diaryl/α,β-unsaturated/α-hetero) is 1. The lowest BCUT2D eigenvalue weighted by Crippen LogP contribution is -2.35. The number of nitrogens with two attached hydrogens (primary N) is 1. The number of carbonyl (C=O) groups excluding carboxylic acids is 1. The van der Waals surface area contributed by atoms with Crippen molar-refractivity contribution in [3.8, 4) is 0 Å². The third-order valence-corrected chi connectivity index (χ3v) is 5.16. The fourth-order valence-electron chi connectivity index (χ4n) is 3.65. The van der Waals surface area contributed by atoms with Crippen molar-refractivity contribution in [2.75, 3.05) is 18.0 Å². The Morgan fingerprint density at radius 1 is 1.46 bits per heavy atom. The number of pyridine rings is 1. The maximum absolute atomic E-state index is 11.4. The largest absolute Gasteiger partial charge is 0.369 e. The van der Waals surface area contributed by atoms with Crippen LogP contribution in [0.5, 0.6) is 0 Å². The van der Waals surface area contributed by atoms with Crippen LogP contribution in [0.25, 0.3) is 10.9 Å². The molecule has 1 fully saturated rings. The Morgan fingerprint density at radius 3 is 2.79 bits per heavy atom. The predicted octanol–water partition coefficient (Wildman–Crippen LogP) is 4.10. The van der Waals surface area contributed by atoms with E-state index in [1.54, 1.807) is 13.1 Å². The van der Waals surface area contributed by atoms with Crippen LogP contribution >= 0.6 is 11.6 Å². The van der Waals surface area contributed by atoms with Crippen LogP contribution in [0.1, 0.15) is 44.7 Å². The monoisotopic (exact) mass is 345 g/mol. The molecule has 0 bridgehead atoms. The third kappa shape index (κ3) is 3.40. The normalized spacial score (nSPS) is 17.2. The predicted molar refractivity (Wildman–Crippen MR) is 99.6 cm³/mol. The van der Waals surface area contributed by atoms with Crippen LogP contribution in [0.15, 0.2) is 24.4 Å². The third-order valence-electron chi connectivity index (χ3n) is 4.84. The quantitative estimate of drug-likeness (QED) is 0.906. The summed E-state index contributed by atoms with van der Waals surface area (Å²) in [5.41, 5.74) is 9.28. The second kappa shape index (κ2) is 7.08. The van der Waals surface area contributed by atoms with E-state index in [0.717, 1.165) is 48.1 Å². The number of hydrogen-bond acceptors (Lipinski definition) is 4. The van der Waals surface area contributed by atoms with Gasteiger partial charge in [0.15, 0.2) is 0 Å². The van der Waals surface area contributed by atoms with Gasteiger partial charge in [0.05, 0.1) is 16.2 Å². The van der Waals surface area contributed by atoms with Crippen molar-refractivity contribution in [1.29, 1.82) is 0 Å². The summed E-state index contributed by atoms with van der Waals surface area (Å²) in [6.45, 7) is 5.50. The lowest BCUT2D eigenvalue weighted by atomic mass is 9.91. The van der Waals surface area contributed by atoms with Crippen molar-refractivity contribution >= 4 is 34.0 Å². The smallest absolute Gasteiger partial charge is 0.130 e. The summed E-state index contributed by atoms with van der Waals surface area (Å²) in [7, 11) is 0. The van der Waals surface area contributed by atoms with Gasteiger partial charge >= 0.3 is 0 Å². The molecule has 1 aliphatic rings. The summed E-state index contributed by atoms with van der Waals surface area (Å²) in [5, 5.41) is 1.66. The summed E-state index contributed by atoms with van der Waals surface area (Å²) in [6.07, 6.45) is 4.53. The van der Waals surface area contributed by atoms with E-state index >= 15 is 0 Å². The zero-order valence-corrected chi connectivity index (χ0v) is 15.0. The first kappa shape index (κ1) is 17.2. The molecule has 4 nitrogen and oxygen atoms in total. The van der Waals surface area contributed by atoms with E-state index in [1.165, 1.54) is 0 Å². The molecule has 1 aromatic carbocycles. The van der Waals surface area contributed by atoms with Gasteiger partial charge in [-0.3, -0.25) is 4.98 Å². The van der Waals surface area contributed by atoms with Gasteiger partial charge in [-0.15, -0.1) is 0 Å². The summed E-state index contributed by atoms with van der Waals surface area (Å²) < 4.78 is 0. The molecule has 24 heavy (non-hydrogen) atoms. The van der Waals surface area contributed by atoms with E-state index in [9.17, 15) is 4.79 Å². The van der Waals surface area contributed by atoms with E-state index in [1.807, 2.05) is 25.1 Å². The van der Waals surface area contributed by atoms with Crippen LogP contribution in [0.4, 0.5) is 5.69 Å². The minimum Gasteiger partial charge on any atom is -0.369 e. The Hall–Kier alpha value is -1.65. The Labute approximate surface area is 148 Å². The van der Waals surface area contributed by atoms with Gasteiger partial charge in [0.1, 0.15) is 5.78 Å². The van der Waals surface area contributed by atoms with Crippen molar-refractivity contribution in [2.45, 2.75) is 39.2 Å². The topological polar surface area (TPSA) is 59.2 Å². The van der Waals surface area contributed by atoms with Crippen LogP contribution in [-0.2, 0) is 4.79 Å². The number of halogens is 1. The molecule has 0 amide bonds. The second-order valence-electron chi connectivity index (χ2n) is 6.82. The Balaban J connectivity index is 1.98. The van der Waals surface area contributed by atoms with Gasteiger partial charge in [-0.25, -0.2) is 0 Å². The molecule has 2 aromatic rings. The van der Waals surface area contributed by atoms with Crippen LogP contribution in [-0.4, -0.2) is 23.9 Å². The molecule has 0 saturated carbocycles. The second-order valence-corrected chi connectivity index (χ2v) is 7.23. The summed E-state index contributed by atoms with van der Waals surface area (Å²) in [6, 6.07) is 5.77. The first-order valence-electron chi connectivity index (χ1n) is 8.54. The zero-order valence-electron chi connectivity index (χ0n) is 14.3. The summed E-state index contributed by atoms with van der Waals surface area (Å²) in [4.78, 5) is 18.3. The fraction of sp³-hybridized carbons (Fsp3) is 0.474. The Morgan fingerprint density at radius 2 is 2.17 bits per heavy atom. The van der Waals surface area contributed by atoms with Crippen molar-refractivity contribution in [1.82, 2.24) is 4.98 Å². The van der Waals surface area contributed by atoms with Gasteiger partial charge in [-0.2, -0.15) is 0 Å². The number of rotatable bonds is 4. The lowest BCUT2D eigenvalue weighted by Gasteiger charge is -2.35. The number of carbonyl (C=O) groups is 1. The number of piperidine rings is 1. The Bertz CT molecular complexity index is 752. The van der Waals surface area contributed by atoms with Gasteiger partial charge in [-0.05, 0) is 56.4 Å². The first-order valence-corrected chi connectivity index (χ1v) is 8.92. The van der Waals surface area contributed by atoms with Crippen LogP contribution in [0.2, 0.25) is 5.02 Å². The molecule has 128 valence electrons. The van der Waals surface area contributed by atoms with Gasteiger partial charge in [0.2, 0.25) is 0 Å². The van der Waals surface area contributed by atoms with Gasteiger partial charge in [0, 0.05) is 37.1 Å². The van der Waals surface area contributed by atoms with Crippen LogP contribution < -0.4 is 10.6 Å². The van der Waals surface area contributed by atoms with E-state index < -0.39 is 0 Å². The molecule has 3 rings (SSSR count). The summed E-state index contributed by atoms with van der Waals surface area (Å²) in [5.74, 6) is 0.771. The molecule has 2 N–H and O–H groups in total. The van der Waals surface area contributed by atoms with Crippen LogP contribution in [0, 0.1) is 5.92 Å². The van der Waals surface area contributed by atoms with E-state index in [4.69, 9.17) is 17.3 Å². The molecule has 0 aliphatic carbocycles. The van der Waals surface area contributed by atoms with E-state index in [2.05, 4.69) is 9.88 Å².